The second-order valence-electron chi connectivity index (χ2n) is 4.48. The Balaban J connectivity index is 2.16. The molecule has 1 heterocycles. The lowest BCUT2D eigenvalue weighted by molar-refractivity contribution is 0.103. The Kier molecular flexibility index (Phi) is 3.82. The van der Waals surface area contributed by atoms with Gasteiger partial charge < -0.3 is 4.42 Å². The molecule has 0 bridgehead atoms. The van der Waals surface area contributed by atoms with E-state index >= 15 is 0 Å². The second-order valence-corrected chi connectivity index (χ2v) is 5.32. The quantitative estimate of drug-likeness (QED) is 0.598. The summed E-state index contributed by atoms with van der Waals surface area (Å²) in [4.78, 5) is 12.8. The van der Waals surface area contributed by atoms with Gasteiger partial charge >= 0.3 is 0 Å². The van der Waals surface area contributed by atoms with Crippen molar-refractivity contribution in [1.82, 2.24) is 0 Å². The van der Waals surface area contributed by atoms with Crippen LogP contribution in [-0.4, -0.2) is 5.78 Å². The summed E-state index contributed by atoms with van der Waals surface area (Å²) >= 11 is 12.1. The largest absolute Gasteiger partial charge is 0.464 e. The van der Waals surface area contributed by atoms with Crippen LogP contribution < -0.4 is 0 Å². The van der Waals surface area contributed by atoms with Gasteiger partial charge in [-0.3, -0.25) is 4.79 Å². The van der Waals surface area contributed by atoms with Gasteiger partial charge in [-0.05, 0) is 42.5 Å². The molecule has 4 heteroatoms. The molecular weight excluding hydrogens is 307 g/mol. The molecule has 0 N–H and O–H groups in total. The van der Waals surface area contributed by atoms with Crippen LogP contribution in [0.2, 0.25) is 10.0 Å². The van der Waals surface area contributed by atoms with Crippen molar-refractivity contribution in [2.24, 2.45) is 0 Å². The molecule has 1 aromatic heterocycles. The Labute approximate surface area is 131 Å². The maximum Gasteiger partial charge on any atom is 0.195 e. The van der Waals surface area contributed by atoms with Crippen molar-refractivity contribution in [3.63, 3.8) is 0 Å². The molecule has 2 aromatic carbocycles. The first-order valence-electron chi connectivity index (χ1n) is 6.29. The zero-order chi connectivity index (χ0) is 14.8. The maximum atomic E-state index is 12.8. The smallest absolute Gasteiger partial charge is 0.195 e. The van der Waals surface area contributed by atoms with Crippen molar-refractivity contribution in [3.8, 4) is 11.3 Å². The molecule has 0 aliphatic heterocycles. The lowest BCUT2D eigenvalue weighted by Gasteiger charge is -2.08. The van der Waals surface area contributed by atoms with Gasteiger partial charge in [0.25, 0.3) is 0 Å². The van der Waals surface area contributed by atoms with Crippen molar-refractivity contribution in [2.45, 2.75) is 0 Å². The van der Waals surface area contributed by atoms with E-state index in [9.17, 15) is 4.79 Å². The van der Waals surface area contributed by atoms with Gasteiger partial charge in [0, 0.05) is 21.7 Å². The van der Waals surface area contributed by atoms with Crippen LogP contribution in [0.15, 0.2) is 65.3 Å². The molecule has 0 spiro atoms. The van der Waals surface area contributed by atoms with Crippen molar-refractivity contribution in [2.75, 3.05) is 0 Å². The minimum Gasteiger partial charge on any atom is -0.464 e. The lowest BCUT2D eigenvalue weighted by atomic mass is 9.97. The number of hydrogen-bond acceptors (Lipinski definition) is 2. The van der Waals surface area contributed by atoms with Crippen molar-refractivity contribution >= 4 is 29.0 Å². The molecule has 104 valence electrons. The van der Waals surface area contributed by atoms with Crippen molar-refractivity contribution in [1.29, 1.82) is 0 Å². The molecule has 21 heavy (non-hydrogen) atoms. The molecule has 0 aliphatic rings. The number of hydrogen-bond donors (Lipinski definition) is 0. The molecule has 0 amide bonds. The number of ketones is 1. The standard InChI is InChI=1S/C17H10Cl2O2/c18-11-7-8-12(16-6-3-9-21-16)14(10-11)17(20)13-4-1-2-5-15(13)19/h1-10H. The van der Waals surface area contributed by atoms with Gasteiger partial charge in [0.1, 0.15) is 5.76 Å². The van der Waals surface area contributed by atoms with Crippen LogP contribution in [0.5, 0.6) is 0 Å². The zero-order valence-electron chi connectivity index (χ0n) is 10.8. The summed E-state index contributed by atoms with van der Waals surface area (Å²) < 4.78 is 5.39. The Morgan fingerprint density at radius 3 is 2.43 bits per heavy atom. The van der Waals surface area contributed by atoms with Crippen LogP contribution in [0.4, 0.5) is 0 Å². The fourth-order valence-corrected chi connectivity index (χ4v) is 2.54. The van der Waals surface area contributed by atoms with Gasteiger partial charge in [-0.2, -0.15) is 0 Å². The van der Waals surface area contributed by atoms with Crippen molar-refractivity contribution in [3.05, 3.63) is 82.0 Å². The topological polar surface area (TPSA) is 30.2 Å². The number of carbonyl (C=O) groups is 1. The summed E-state index contributed by atoms with van der Waals surface area (Å²) in [5.74, 6) is 0.427. The number of benzene rings is 2. The first-order chi connectivity index (χ1) is 10.2. The van der Waals surface area contributed by atoms with Crippen LogP contribution in [-0.2, 0) is 0 Å². The zero-order valence-corrected chi connectivity index (χ0v) is 12.4. The molecular formula is C17H10Cl2O2. The second kappa shape index (κ2) is 5.76. The predicted octanol–water partition coefficient (Wildman–Crippen LogP) is 5.48. The van der Waals surface area contributed by atoms with E-state index in [-0.39, 0.29) is 5.78 Å². The van der Waals surface area contributed by atoms with Gasteiger partial charge in [0.2, 0.25) is 0 Å². The Hall–Kier alpha value is -2.03. The molecule has 0 unspecified atom stereocenters. The van der Waals surface area contributed by atoms with Crippen LogP contribution >= 0.6 is 23.2 Å². The number of rotatable bonds is 3. The Morgan fingerprint density at radius 2 is 1.71 bits per heavy atom. The molecule has 2 nitrogen and oxygen atoms in total. The fourth-order valence-electron chi connectivity index (χ4n) is 2.14. The Bertz CT molecular complexity index is 792. The van der Waals surface area contributed by atoms with Crippen LogP contribution in [0.1, 0.15) is 15.9 Å². The van der Waals surface area contributed by atoms with E-state index in [2.05, 4.69) is 0 Å². The summed E-state index contributed by atoms with van der Waals surface area (Å²) in [6.07, 6.45) is 1.56. The van der Waals surface area contributed by atoms with E-state index in [0.717, 1.165) is 0 Å². The van der Waals surface area contributed by atoms with Gasteiger partial charge in [-0.1, -0.05) is 35.3 Å². The third-order valence-corrected chi connectivity index (χ3v) is 3.70. The third kappa shape index (κ3) is 2.73. The predicted molar refractivity (Wildman–Crippen MR) is 84.0 cm³/mol. The molecule has 3 aromatic rings. The van der Waals surface area contributed by atoms with Gasteiger partial charge in [0.05, 0.1) is 11.3 Å². The van der Waals surface area contributed by atoms with E-state index in [0.29, 0.717) is 32.5 Å². The summed E-state index contributed by atoms with van der Waals surface area (Å²) in [5, 5.41) is 0.897. The van der Waals surface area contributed by atoms with Gasteiger partial charge in [0.15, 0.2) is 5.78 Å². The SMILES string of the molecule is O=C(c1ccccc1Cl)c1cc(Cl)ccc1-c1ccco1. The first-order valence-corrected chi connectivity index (χ1v) is 7.05. The Morgan fingerprint density at radius 1 is 0.905 bits per heavy atom. The highest BCUT2D eigenvalue weighted by Crippen LogP contribution is 2.30. The summed E-state index contributed by atoms with van der Waals surface area (Å²) in [6, 6.07) is 15.6. The van der Waals surface area contributed by atoms with Gasteiger partial charge in [-0.25, -0.2) is 0 Å². The van der Waals surface area contributed by atoms with Crippen LogP contribution in [0, 0.1) is 0 Å². The van der Waals surface area contributed by atoms with Crippen LogP contribution in [0.3, 0.4) is 0 Å². The highest BCUT2D eigenvalue weighted by molar-refractivity contribution is 6.35. The van der Waals surface area contributed by atoms with Crippen LogP contribution in [0.25, 0.3) is 11.3 Å². The normalized spacial score (nSPS) is 10.6. The third-order valence-electron chi connectivity index (χ3n) is 3.13. The van der Waals surface area contributed by atoms with E-state index in [4.69, 9.17) is 27.6 Å². The van der Waals surface area contributed by atoms with E-state index in [1.807, 2.05) is 0 Å². The first kappa shape index (κ1) is 13.9. The average molecular weight is 317 g/mol. The summed E-state index contributed by atoms with van der Waals surface area (Å²) in [7, 11) is 0. The highest BCUT2D eigenvalue weighted by Gasteiger charge is 2.18. The molecule has 0 saturated carbocycles. The maximum absolute atomic E-state index is 12.8. The molecule has 0 saturated heterocycles. The molecule has 0 fully saturated rings. The van der Waals surface area contributed by atoms with E-state index in [1.54, 1.807) is 60.9 Å². The van der Waals surface area contributed by atoms with Crippen molar-refractivity contribution < 1.29 is 9.21 Å². The number of carbonyl (C=O) groups excluding carboxylic acids is 1. The van der Waals surface area contributed by atoms with E-state index in [1.165, 1.54) is 0 Å². The van der Waals surface area contributed by atoms with E-state index < -0.39 is 0 Å². The number of halogens is 2. The molecule has 0 radical (unpaired) electrons. The summed E-state index contributed by atoms with van der Waals surface area (Å²) in [6.45, 7) is 0. The molecule has 0 atom stereocenters. The monoisotopic (exact) mass is 316 g/mol. The fraction of sp³-hybridized carbons (Fsp3) is 0. The number of furan rings is 1. The highest BCUT2D eigenvalue weighted by atomic mass is 35.5. The molecule has 3 rings (SSSR count). The summed E-state index contributed by atoms with van der Waals surface area (Å²) in [5.41, 5.74) is 1.59. The lowest BCUT2D eigenvalue weighted by Crippen LogP contribution is -2.04. The average Bonchev–Trinajstić information content (AvgIpc) is 3.01. The minimum atomic E-state index is -0.186. The van der Waals surface area contributed by atoms with Gasteiger partial charge in [-0.15, -0.1) is 0 Å². The molecule has 0 aliphatic carbocycles. The minimum absolute atomic E-state index is 0.186.